The fraction of sp³-hybridized carbons (Fsp3) is 0.929. The van der Waals surface area contributed by atoms with Crippen LogP contribution in [0.1, 0.15) is 47.0 Å². The second kappa shape index (κ2) is 7.50. The molecular weight excluding hydrogens is 262 g/mol. The van der Waals surface area contributed by atoms with Gasteiger partial charge in [0.25, 0.3) is 0 Å². The Balaban J connectivity index is 2.30. The van der Waals surface area contributed by atoms with Gasteiger partial charge in [-0.3, -0.25) is 10.1 Å². The largest absolute Gasteiger partial charge is 0.480 e. The SMILES string of the molecule is CC(C)NC(C)(CCCSC1CCOC1C)C(=O)O. The van der Waals surface area contributed by atoms with Gasteiger partial charge in [0.2, 0.25) is 0 Å². The third-order valence-corrected chi connectivity index (χ3v) is 5.11. The number of ether oxygens (including phenoxy) is 1. The molecule has 19 heavy (non-hydrogen) atoms. The Morgan fingerprint density at radius 2 is 2.26 bits per heavy atom. The summed E-state index contributed by atoms with van der Waals surface area (Å²) in [5.74, 6) is 0.241. The van der Waals surface area contributed by atoms with E-state index in [-0.39, 0.29) is 6.04 Å². The summed E-state index contributed by atoms with van der Waals surface area (Å²) in [4.78, 5) is 11.4. The van der Waals surface area contributed by atoms with Gasteiger partial charge in [-0.1, -0.05) is 0 Å². The standard InChI is InChI=1S/C14H27NO3S/c1-10(2)15-14(4,13(16)17)7-5-9-19-12-6-8-18-11(12)3/h10-12,15H,5-9H2,1-4H3,(H,16,17). The highest BCUT2D eigenvalue weighted by Crippen LogP contribution is 2.27. The van der Waals surface area contributed by atoms with E-state index in [1.54, 1.807) is 6.92 Å². The molecular formula is C14H27NO3S. The smallest absolute Gasteiger partial charge is 0.323 e. The van der Waals surface area contributed by atoms with Crippen LogP contribution >= 0.6 is 11.8 Å². The van der Waals surface area contributed by atoms with Gasteiger partial charge in [-0.05, 0) is 52.7 Å². The second-order valence-corrected chi connectivity index (χ2v) is 7.16. The lowest BCUT2D eigenvalue weighted by molar-refractivity contribution is -0.144. The Labute approximate surface area is 120 Å². The van der Waals surface area contributed by atoms with E-state index >= 15 is 0 Å². The molecule has 0 spiro atoms. The molecule has 3 atom stereocenters. The molecule has 1 heterocycles. The minimum atomic E-state index is -0.813. The number of carboxylic acid groups (broad SMARTS) is 1. The number of nitrogens with one attached hydrogen (secondary N) is 1. The molecule has 0 amide bonds. The molecule has 0 aromatic carbocycles. The van der Waals surface area contributed by atoms with Crippen molar-refractivity contribution < 1.29 is 14.6 Å². The fourth-order valence-electron chi connectivity index (χ4n) is 2.47. The lowest BCUT2D eigenvalue weighted by Gasteiger charge is -2.28. The maximum atomic E-state index is 11.4. The Bertz CT molecular complexity index is 298. The topological polar surface area (TPSA) is 58.6 Å². The Hall–Kier alpha value is -0.260. The van der Waals surface area contributed by atoms with Crippen molar-refractivity contribution in [2.24, 2.45) is 0 Å². The number of hydrogen-bond donors (Lipinski definition) is 2. The van der Waals surface area contributed by atoms with Crippen LogP contribution < -0.4 is 5.32 Å². The molecule has 0 aromatic heterocycles. The van der Waals surface area contributed by atoms with Crippen LogP contribution in [0.5, 0.6) is 0 Å². The number of carboxylic acids is 1. The first-order valence-electron chi connectivity index (χ1n) is 7.09. The minimum Gasteiger partial charge on any atom is -0.480 e. The molecule has 0 aromatic rings. The van der Waals surface area contributed by atoms with E-state index in [0.29, 0.717) is 17.8 Å². The number of hydrogen-bond acceptors (Lipinski definition) is 4. The summed E-state index contributed by atoms with van der Waals surface area (Å²) in [6.45, 7) is 8.72. The van der Waals surface area contributed by atoms with Crippen molar-refractivity contribution in [3.8, 4) is 0 Å². The van der Waals surface area contributed by atoms with Crippen molar-refractivity contribution in [1.82, 2.24) is 5.32 Å². The van der Waals surface area contributed by atoms with Gasteiger partial charge in [0.05, 0.1) is 6.10 Å². The van der Waals surface area contributed by atoms with Crippen molar-refractivity contribution >= 4 is 17.7 Å². The first kappa shape index (κ1) is 16.8. The number of aliphatic carboxylic acids is 1. The molecule has 1 aliphatic rings. The number of thioether (sulfide) groups is 1. The van der Waals surface area contributed by atoms with Crippen LogP contribution in [0.3, 0.4) is 0 Å². The van der Waals surface area contributed by atoms with Gasteiger partial charge in [0, 0.05) is 17.9 Å². The third-order valence-electron chi connectivity index (χ3n) is 3.54. The van der Waals surface area contributed by atoms with Gasteiger partial charge in [0.1, 0.15) is 5.54 Å². The Morgan fingerprint density at radius 3 is 2.74 bits per heavy atom. The van der Waals surface area contributed by atoms with Crippen molar-refractivity contribution in [1.29, 1.82) is 0 Å². The molecule has 4 nitrogen and oxygen atoms in total. The summed E-state index contributed by atoms with van der Waals surface area (Å²) in [7, 11) is 0. The third kappa shape index (κ3) is 5.32. The molecule has 0 bridgehead atoms. The van der Waals surface area contributed by atoms with Crippen LogP contribution in [-0.2, 0) is 9.53 Å². The van der Waals surface area contributed by atoms with Gasteiger partial charge in [-0.25, -0.2) is 0 Å². The van der Waals surface area contributed by atoms with Crippen LogP contribution in [0.2, 0.25) is 0 Å². The van der Waals surface area contributed by atoms with Crippen LogP contribution in [0.4, 0.5) is 0 Å². The van der Waals surface area contributed by atoms with E-state index in [1.807, 2.05) is 25.6 Å². The maximum Gasteiger partial charge on any atom is 0.323 e. The van der Waals surface area contributed by atoms with E-state index in [1.165, 1.54) is 0 Å². The highest BCUT2D eigenvalue weighted by atomic mass is 32.2. The van der Waals surface area contributed by atoms with Crippen LogP contribution in [0.25, 0.3) is 0 Å². The monoisotopic (exact) mass is 289 g/mol. The highest BCUT2D eigenvalue weighted by molar-refractivity contribution is 7.99. The summed E-state index contributed by atoms with van der Waals surface area (Å²) in [6, 6.07) is 0.178. The van der Waals surface area contributed by atoms with Crippen molar-refractivity contribution in [2.45, 2.75) is 69.9 Å². The van der Waals surface area contributed by atoms with E-state index in [0.717, 1.165) is 25.2 Å². The summed E-state index contributed by atoms with van der Waals surface area (Å²) in [5.41, 5.74) is -0.813. The predicted molar refractivity (Wildman–Crippen MR) is 79.8 cm³/mol. The zero-order valence-corrected chi connectivity index (χ0v) is 13.3. The van der Waals surface area contributed by atoms with Crippen LogP contribution in [0.15, 0.2) is 0 Å². The lowest BCUT2D eigenvalue weighted by Crippen LogP contribution is -2.52. The second-order valence-electron chi connectivity index (χ2n) is 5.81. The van der Waals surface area contributed by atoms with Crippen molar-refractivity contribution in [3.05, 3.63) is 0 Å². The number of rotatable bonds is 8. The summed E-state index contributed by atoms with van der Waals surface area (Å²) in [6.07, 6.45) is 3.03. The Morgan fingerprint density at radius 1 is 1.58 bits per heavy atom. The molecule has 5 heteroatoms. The molecule has 112 valence electrons. The Kier molecular flexibility index (Phi) is 6.63. The average molecular weight is 289 g/mol. The summed E-state index contributed by atoms with van der Waals surface area (Å²) in [5, 5.41) is 13.1. The molecule has 1 fully saturated rings. The highest BCUT2D eigenvalue weighted by Gasteiger charge is 2.33. The molecule has 1 rings (SSSR count). The molecule has 2 N–H and O–H groups in total. The van der Waals surface area contributed by atoms with Crippen LogP contribution in [-0.4, -0.2) is 46.4 Å². The summed E-state index contributed by atoms with van der Waals surface area (Å²) < 4.78 is 5.53. The zero-order valence-electron chi connectivity index (χ0n) is 12.4. The lowest BCUT2D eigenvalue weighted by atomic mass is 9.95. The minimum absolute atomic E-state index is 0.178. The van der Waals surface area contributed by atoms with Crippen molar-refractivity contribution in [2.75, 3.05) is 12.4 Å². The normalized spacial score (nSPS) is 26.6. The van der Waals surface area contributed by atoms with Gasteiger partial charge in [-0.15, -0.1) is 0 Å². The molecule has 0 radical (unpaired) electrons. The fourth-order valence-corrected chi connectivity index (χ4v) is 3.70. The zero-order chi connectivity index (χ0) is 14.5. The van der Waals surface area contributed by atoms with E-state index < -0.39 is 11.5 Å². The molecule has 1 saturated heterocycles. The van der Waals surface area contributed by atoms with E-state index in [4.69, 9.17) is 4.74 Å². The van der Waals surface area contributed by atoms with E-state index in [2.05, 4.69) is 12.2 Å². The predicted octanol–water partition coefficient (Wildman–Crippen LogP) is 2.52. The first-order valence-corrected chi connectivity index (χ1v) is 8.14. The van der Waals surface area contributed by atoms with Crippen LogP contribution in [0, 0.1) is 0 Å². The van der Waals surface area contributed by atoms with Gasteiger partial charge >= 0.3 is 5.97 Å². The van der Waals surface area contributed by atoms with Gasteiger partial charge in [0.15, 0.2) is 0 Å². The first-order chi connectivity index (χ1) is 8.85. The molecule has 0 aliphatic carbocycles. The van der Waals surface area contributed by atoms with E-state index in [9.17, 15) is 9.90 Å². The number of carbonyl (C=O) groups is 1. The quantitative estimate of drug-likeness (QED) is 0.672. The van der Waals surface area contributed by atoms with Gasteiger partial charge < -0.3 is 9.84 Å². The molecule has 1 aliphatic heterocycles. The summed E-state index contributed by atoms with van der Waals surface area (Å²) >= 11 is 1.92. The molecule has 3 unspecified atom stereocenters. The van der Waals surface area contributed by atoms with Gasteiger partial charge in [-0.2, -0.15) is 11.8 Å². The average Bonchev–Trinajstić information content (AvgIpc) is 2.69. The van der Waals surface area contributed by atoms with Crippen molar-refractivity contribution in [3.63, 3.8) is 0 Å². The maximum absolute atomic E-state index is 11.4. The molecule has 0 saturated carbocycles.